The topological polar surface area (TPSA) is 80.3 Å². The molecule has 0 unspecified atom stereocenters. The first-order valence-electron chi connectivity index (χ1n) is 10.5. The molecular formula is C25H27N3O3. The molecule has 160 valence electrons. The molecule has 0 saturated carbocycles. The van der Waals surface area contributed by atoms with Gasteiger partial charge in [0.05, 0.1) is 17.9 Å². The molecular weight excluding hydrogens is 390 g/mol. The van der Waals surface area contributed by atoms with Crippen molar-refractivity contribution in [1.82, 2.24) is 4.98 Å². The molecule has 2 N–H and O–H groups in total. The summed E-state index contributed by atoms with van der Waals surface area (Å²) in [5.41, 5.74) is 4.05. The Balaban J connectivity index is 1.71. The smallest absolute Gasteiger partial charge is 0.338 e. The van der Waals surface area contributed by atoms with Crippen LogP contribution in [0.1, 0.15) is 42.6 Å². The van der Waals surface area contributed by atoms with Gasteiger partial charge in [-0.2, -0.15) is 0 Å². The normalized spacial score (nSPS) is 10.4. The standard InChI is InChI=1S/C25H27N3O3/c1-3-8-23(29)28-22-11-7-16-26-24(22)27-17-18-12-14-19(15-13-18)20-9-5-6-10-21(20)25(30)31-4-2/h5-7,9-16H,3-4,8,17H2,1-2H3,(H,26,27)(H,28,29). The number of amides is 1. The number of hydrogen-bond donors (Lipinski definition) is 2. The lowest BCUT2D eigenvalue weighted by Gasteiger charge is -2.13. The van der Waals surface area contributed by atoms with E-state index in [1.807, 2.05) is 55.5 Å². The maximum Gasteiger partial charge on any atom is 0.338 e. The van der Waals surface area contributed by atoms with Crippen LogP contribution in [0.15, 0.2) is 66.9 Å². The second-order valence-corrected chi connectivity index (χ2v) is 7.01. The Morgan fingerprint density at radius 3 is 2.48 bits per heavy atom. The van der Waals surface area contributed by atoms with Gasteiger partial charge in [0, 0.05) is 19.2 Å². The lowest BCUT2D eigenvalue weighted by molar-refractivity contribution is -0.116. The fraction of sp³-hybridized carbons (Fsp3) is 0.240. The van der Waals surface area contributed by atoms with Crippen molar-refractivity contribution >= 4 is 23.4 Å². The molecule has 3 rings (SSSR count). The molecule has 1 heterocycles. The van der Waals surface area contributed by atoms with E-state index >= 15 is 0 Å². The summed E-state index contributed by atoms with van der Waals surface area (Å²) in [5.74, 6) is 0.281. The van der Waals surface area contributed by atoms with Crippen LogP contribution in [-0.4, -0.2) is 23.5 Å². The number of hydrogen-bond acceptors (Lipinski definition) is 5. The molecule has 31 heavy (non-hydrogen) atoms. The molecule has 3 aromatic rings. The molecule has 0 fully saturated rings. The fourth-order valence-corrected chi connectivity index (χ4v) is 3.20. The zero-order valence-electron chi connectivity index (χ0n) is 17.9. The Labute approximate surface area is 182 Å². The van der Waals surface area contributed by atoms with Gasteiger partial charge in [0.15, 0.2) is 0 Å². The van der Waals surface area contributed by atoms with Crippen LogP contribution in [0.2, 0.25) is 0 Å². The summed E-state index contributed by atoms with van der Waals surface area (Å²) in [7, 11) is 0. The summed E-state index contributed by atoms with van der Waals surface area (Å²) >= 11 is 0. The van der Waals surface area contributed by atoms with Gasteiger partial charge >= 0.3 is 5.97 Å². The Morgan fingerprint density at radius 1 is 0.968 bits per heavy atom. The third-order valence-corrected chi connectivity index (χ3v) is 4.71. The average molecular weight is 418 g/mol. The van der Waals surface area contributed by atoms with Crippen LogP contribution in [0.5, 0.6) is 0 Å². The van der Waals surface area contributed by atoms with Crippen LogP contribution in [0.25, 0.3) is 11.1 Å². The molecule has 0 atom stereocenters. The number of pyridine rings is 1. The van der Waals surface area contributed by atoms with E-state index < -0.39 is 0 Å². The van der Waals surface area contributed by atoms with E-state index in [2.05, 4.69) is 15.6 Å². The number of benzene rings is 2. The lowest BCUT2D eigenvalue weighted by atomic mass is 9.98. The number of ether oxygens (including phenoxy) is 1. The van der Waals surface area contributed by atoms with Crippen LogP contribution >= 0.6 is 0 Å². The van der Waals surface area contributed by atoms with E-state index in [9.17, 15) is 9.59 Å². The van der Waals surface area contributed by atoms with E-state index in [1.54, 1.807) is 25.3 Å². The molecule has 2 aromatic carbocycles. The number of nitrogens with zero attached hydrogens (tertiary/aromatic N) is 1. The van der Waals surface area contributed by atoms with Crippen molar-refractivity contribution in [1.29, 1.82) is 0 Å². The highest BCUT2D eigenvalue weighted by Gasteiger charge is 2.13. The van der Waals surface area contributed by atoms with Crippen molar-refractivity contribution in [3.63, 3.8) is 0 Å². The van der Waals surface area contributed by atoms with Gasteiger partial charge in [-0.05, 0) is 48.2 Å². The second kappa shape index (κ2) is 10.9. The fourth-order valence-electron chi connectivity index (χ4n) is 3.20. The zero-order chi connectivity index (χ0) is 22.1. The number of carbonyl (C=O) groups is 2. The average Bonchev–Trinajstić information content (AvgIpc) is 2.79. The molecule has 0 aliphatic carbocycles. The highest BCUT2D eigenvalue weighted by atomic mass is 16.5. The second-order valence-electron chi connectivity index (χ2n) is 7.01. The maximum absolute atomic E-state index is 12.2. The quantitative estimate of drug-likeness (QED) is 0.463. The predicted octanol–water partition coefficient (Wildman–Crippen LogP) is 5.28. The minimum atomic E-state index is -0.323. The summed E-state index contributed by atoms with van der Waals surface area (Å²) in [6.07, 6.45) is 2.96. The summed E-state index contributed by atoms with van der Waals surface area (Å²) in [4.78, 5) is 28.5. The Bertz CT molecular complexity index is 1030. The number of carbonyl (C=O) groups excluding carboxylic acids is 2. The largest absolute Gasteiger partial charge is 0.462 e. The molecule has 0 saturated heterocycles. The predicted molar refractivity (Wildman–Crippen MR) is 123 cm³/mol. The summed E-state index contributed by atoms with van der Waals surface area (Å²) in [6.45, 7) is 4.65. The van der Waals surface area contributed by atoms with Crippen molar-refractivity contribution in [2.24, 2.45) is 0 Å². The molecule has 0 aliphatic heterocycles. The van der Waals surface area contributed by atoms with Crippen LogP contribution in [-0.2, 0) is 16.1 Å². The number of nitrogens with one attached hydrogen (secondary N) is 2. The highest BCUT2D eigenvalue weighted by Crippen LogP contribution is 2.25. The Kier molecular flexibility index (Phi) is 7.76. The van der Waals surface area contributed by atoms with Gasteiger partial charge in [0.25, 0.3) is 0 Å². The lowest BCUT2D eigenvalue weighted by Crippen LogP contribution is -2.13. The highest BCUT2D eigenvalue weighted by molar-refractivity contribution is 5.97. The number of esters is 1. The molecule has 1 aromatic heterocycles. The first-order chi connectivity index (χ1) is 15.1. The van der Waals surface area contributed by atoms with E-state index in [0.29, 0.717) is 36.6 Å². The van der Waals surface area contributed by atoms with Crippen molar-refractivity contribution < 1.29 is 14.3 Å². The SMILES string of the molecule is CCCC(=O)Nc1cccnc1NCc1ccc(-c2ccccc2C(=O)OCC)cc1. The minimum Gasteiger partial charge on any atom is -0.462 e. The monoisotopic (exact) mass is 417 g/mol. The number of aromatic nitrogens is 1. The van der Waals surface area contributed by atoms with Crippen molar-refractivity contribution in [2.75, 3.05) is 17.2 Å². The molecule has 1 amide bonds. The van der Waals surface area contributed by atoms with E-state index in [4.69, 9.17) is 4.74 Å². The molecule has 0 spiro atoms. The molecule has 0 radical (unpaired) electrons. The van der Waals surface area contributed by atoms with Gasteiger partial charge < -0.3 is 15.4 Å². The van der Waals surface area contributed by atoms with Gasteiger partial charge in [-0.15, -0.1) is 0 Å². The number of rotatable bonds is 9. The summed E-state index contributed by atoms with van der Waals surface area (Å²) in [5, 5.41) is 6.18. The number of anilines is 2. The molecule has 6 nitrogen and oxygen atoms in total. The van der Waals surface area contributed by atoms with E-state index in [1.165, 1.54) is 0 Å². The van der Waals surface area contributed by atoms with Crippen LogP contribution in [0, 0.1) is 0 Å². The van der Waals surface area contributed by atoms with Crippen LogP contribution in [0.3, 0.4) is 0 Å². The molecule has 6 heteroatoms. The maximum atomic E-state index is 12.2. The van der Waals surface area contributed by atoms with Crippen LogP contribution in [0.4, 0.5) is 11.5 Å². The van der Waals surface area contributed by atoms with Gasteiger partial charge in [-0.25, -0.2) is 9.78 Å². The van der Waals surface area contributed by atoms with Gasteiger partial charge in [-0.3, -0.25) is 4.79 Å². The molecule has 0 bridgehead atoms. The zero-order valence-corrected chi connectivity index (χ0v) is 17.9. The third-order valence-electron chi connectivity index (χ3n) is 4.71. The Hall–Kier alpha value is -3.67. The van der Waals surface area contributed by atoms with Gasteiger partial charge in [0.2, 0.25) is 5.91 Å². The Morgan fingerprint density at radius 2 is 1.74 bits per heavy atom. The van der Waals surface area contributed by atoms with Crippen molar-refractivity contribution in [3.05, 3.63) is 78.0 Å². The molecule has 0 aliphatic rings. The third kappa shape index (κ3) is 5.92. The minimum absolute atomic E-state index is 0.0248. The van der Waals surface area contributed by atoms with Gasteiger partial charge in [-0.1, -0.05) is 49.4 Å². The van der Waals surface area contributed by atoms with Crippen molar-refractivity contribution in [2.45, 2.75) is 33.2 Å². The summed E-state index contributed by atoms with van der Waals surface area (Å²) in [6, 6.07) is 19.0. The van der Waals surface area contributed by atoms with Crippen molar-refractivity contribution in [3.8, 4) is 11.1 Å². The first kappa shape index (κ1) is 22.0. The van der Waals surface area contributed by atoms with Crippen LogP contribution < -0.4 is 10.6 Å². The van der Waals surface area contributed by atoms with E-state index in [0.717, 1.165) is 23.1 Å². The van der Waals surface area contributed by atoms with E-state index in [-0.39, 0.29) is 11.9 Å². The first-order valence-corrected chi connectivity index (χ1v) is 10.5. The summed E-state index contributed by atoms with van der Waals surface area (Å²) < 4.78 is 5.17. The van der Waals surface area contributed by atoms with Gasteiger partial charge in [0.1, 0.15) is 5.82 Å².